The van der Waals surface area contributed by atoms with Crippen molar-refractivity contribution in [2.24, 2.45) is 4.99 Å². The summed E-state index contributed by atoms with van der Waals surface area (Å²) in [5, 5.41) is 0.795. The molecule has 0 fully saturated rings. The van der Waals surface area contributed by atoms with Crippen LogP contribution < -0.4 is 0 Å². The zero-order valence-electron chi connectivity index (χ0n) is 8.74. The number of aliphatic imine (C=N–C) groups is 1. The van der Waals surface area contributed by atoms with Gasteiger partial charge >= 0.3 is 0 Å². The van der Waals surface area contributed by atoms with E-state index in [1.165, 1.54) is 5.56 Å². The molecule has 1 atom stereocenters. The lowest BCUT2D eigenvalue weighted by Crippen LogP contribution is -2.24. The topological polar surface area (TPSA) is 21.6 Å². The molecule has 1 aromatic carbocycles. The summed E-state index contributed by atoms with van der Waals surface area (Å²) in [6.07, 6.45) is 3.53. The summed E-state index contributed by atoms with van der Waals surface area (Å²) < 4.78 is 5.15. The number of aryl methyl sites for hydroxylation is 1. The van der Waals surface area contributed by atoms with Gasteiger partial charge in [0.2, 0.25) is 0 Å². The van der Waals surface area contributed by atoms with Crippen LogP contribution in [0.15, 0.2) is 29.3 Å². The fourth-order valence-electron chi connectivity index (χ4n) is 1.66. The number of rotatable bonds is 3. The average Bonchev–Trinajstić information content (AvgIpc) is 2.63. The molecule has 0 saturated heterocycles. The Labute approximate surface area is 94.9 Å². The molecule has 1 aliphatic heterocycles. The molecule has 1 heterocycles. The van der Waals surface area contributed by atoms with Gasteiger partial charge in [-0.25, -0.2) is 4.99 Å². The van der Waals surface area contributed by atoms with Crippen LogP contribution in [0.2, 0.25) is 5.02 Å². The fourth-order valence-corrected chi connectivity index (χ4v) is 1.87. The van der Waals surface area contributed by atoms with E-state index in [4.69, 9.17) is 16.3 Å². The molecule has 0 aromatic heterocycles. The first kappa shape index (κ1) is 10.5. The van der Waals surface area contributed by atoms with Gasteiger partial charge in [-0.1, -0.05) is 23.7 Å². The average molecular weight is 224 g/mol. The normalized spacial score (nSPS) is 24.1. The highest BCUT2D eigenvalue weighted by molar-refractivity contribution is 6.30. The maximum atomic E-state index is 5.92. The summed E-state index contributed by atoms with van der Waals surface area (Å²) in [5.74, 6) is 0. The predicted octanol–water partition coefficient (Wildman–Crippen LogP) is 3.09. The minimum absolute atomic E-state index is 0.0533. The van der Waals surface area contributed by atoms with E-state index < -0.39 is 0 Å². The van der Waals surface area contributed by atoms with Crippen molar-refractivity contribution in [3.63, 3.8) is 0 Å². The number of hydrogen-bond donors (Lipinski definition) is 0. The summed E-state index contributed by atoms with van der Waals surface area (Å²) in [6, 6.07) is 7.97. The van der Waals surface area contributed by atoms with Gasteiger partial charge in [0.05, 0.1) is 5.54 Å². The van der Waals surface area contributed by atoms with Crippen molar-refractivity contribution in [2.75, 3.05) is 6.61 Å². The Balaban J connectivity index is 1.96. The Morgan fingerprint density at radius 2 is 2.40 bits per heavy atom. The molecule has 3 heteroatoms. The van der Waals surface area contributed by atoms with Crippen LogP contribution in [0.5, 0.6) is 0 Å². The lowest BCUT2D eigenvalue weighted by molar-refractivity contribution is 0.264. The van der Waals surface area contributed by atoms with Crippen LogP contribution in [0.1, 0.15) is 18.9 Å². The zero-order valence-corrected chi connectivity index (χ0v) is 9.50. The van der Waals surface area contributed by atoms with E-state index in [-0.39, 0.29) is 5.54 Å². The fraction of sp³-hybridized carbons (Fsp3) is 0.417. The van der Waals surface area contributed by atoms with Crippen molar-refractivity contribution in [3.8, 4) is 0 Å². The lowest BCUT2D eigenvalue weighted by Gasteiger charge is -2.18. The summed E-state index contributed by atoms with van der Waals surface area (Å²) in [4.78, 5) is 4.32. The molecule has 0 N–H and O–H groups in total. The molecule has 2 rings (SSSR count). The van der Waals surface area contributed by atoms with E-state index in [0.717, 1.165) is 17.9 Å². The Morgan fingerprint density at radius 3 is 3.07 bits per heavy atom. The third-order valence-corrected chi connectivity index (χ3v) is 2.91. The van der Waals surface area contributed by atoms with Gasteiger partial charge in [0.25, 0.3) is 0 Å². The number of hydrogen-bond acceptors (Lipinski definition) is 2. The van der Waals surface area contributed by atoms with E-state index in [0.29, 0.717) is 6.61 Å². The summed E-state index contributed by atoms with van der Waals surface area (Å²) in [6.45, 7) is 2.80. The van der Waals surface area contributed by atoms with Gasteiger partial charge < -0.3 is 4.74 Å². The van der Waals surface area contributed by atoms with Crippen molar-refractivity contribution in [2.45, 2.75) is 25.3 Å². The summed E-state index contributed by atoms with van der Waals surface area (Å²) >= 11 is 5.92. The van der Waals surface area contributed by atoms with E-state index in [9.17, 15) is 0 Å². The van der Waals surface area contributed by atoms with Gasteiger partial charge in [-0.2, -0.15) is 0 Å². The predicted molar refractivity (Wildman–Crippen MR) is 62.6 cm³/mol. The van der Waals surface area contributed by atoms with Crippen LogP contribution in [0.3, 0.4) is 0 Å². The Hall–Kier alpha value is -1.02. The maximum Gasteiger partial charge on any atom is 0.170 e. The molecule has 2 nitrogen and oxygen atoms in total. The first-order chi connectivity index (χ1) is 7.18. The van der Waals surface area contributed by atoms with Gasteiger partial charge in [0.15, 0.2) is 6.40 Å². The first-order valence-corrected chi connectivity index (χ1v) is 5.46. The molecule has 1 aromatic rings. The van der Waals surface area contributed by atoms with E-state index in [2.05, 4.69) is 18.0 Å². The molecule has 0 radical (unpaired) electrons. The van der Waals surface area contributed by atoms with Gasteiger partial charge in [-0.15, -0.1) is 0 Å². The molecule has 0 saturated carbocycles. The second-order valence-electron chi connectivity index (χ2n) is 4.17. The Morgan fingerprint density at radius 1 is 1.53 bits per heavy atom. The second-order valence-corrected chi connectivity index (χ2v) is 4.61. The van der Waals surface area contributed by atoms with E-state index >= 15 is 0 Å². The highest BCUT2D eigenvalue weighted by atomic mass is 35.5. The van der Waals surface area contributed by atoms with E-state index in [1.54, 1.807) is 6.40 Å². The van der Waals surface area contributed by atoms with Gasteiger partial charge in [-0.3, -0.25) is 0 Å². The van der Waals surface area contributed by atoms with Crippen LogP contribution >= 0.6 is 11.6 Å². The van der Waals surface area contributed by atoms with Crippen LogP contribution in [0.4, 0.5) is 0 Å². The van der Waals surface area contributed by atoms with Gasteiger partial charge in [0, 0.05) is 5.02 Å². The van der Waals surface area contributed by atoms with Crippen molar-refractivity contribution in [3.05, 3.63) is 34.9 Å². The number of ether oxygens (including phenoxy) is 1. The molecule has 1 unspecified atom stereocenters. The van der Waals surface area contributed by atoms with Crippen LogP contribution in [0.25, 0.3) is 0 Å². The highest BCUT2D eigenvalue weighted by Crippen LogP contribution is 2.22. The zero-order chi connectivity index (χ0) is 10.7. The molecule has 0 spiro atoms. The van der Waals surface area contributed by atoms with Crippen LogP contribution in [-0.4, -0.2) is 18.5 Å². The van der Waals surface area contributed by atoms with Crippen molar-refractivity contribution in [1.29, 1.82) is 0 Å². The Bertz CT molecular complexity index is 378. The number of halogens is 1. The largest absolute Gasteiger partial charge is 0.481 e. The minimum atomic E-state index is -0.0533. The van der Waals surface area contributed by atoms with Crippen LogP contribution in [-0.2, 0) is 11.2 Å². The van der Waals surface area contributed by atoms with Crippen molar-refractivity contribution in [1.82, 2.24) is 0 Å². The number of nitrogens with zero attached hydrogens (tertiary/aromatic N) is 1. The standard InChI is InChI=1S/C12H14ClNO/c1-12(8-15-9-14-12)6-5-10-3-2-4-11(13)7-10/h2-4,7,9H,5-6,8H2,1H3. The monoisotopic (exact) mass is 223 g/mol. The van der Waals surface area contributed by atoms with Crippen molar-refractivity contribution < 1.29 is 4.74 Å². The third-order valence-electron chi connectivity index (χ3n) is 2.67. The van der Waals surface area contributed by atoms with Crippen LogP contribution in [0, 0.1) is 0 Å². The SMILES string of the molecule is CC1(CCc2cccc(Cl)c2)COC=N1. The van der Waals surface area contributed by atoms with Gasteiger partial charge in [0.1, 0.15) is 6.61 Å². The summed E-state index contributed by atoms with van der Waals surface area (Å²) in [7, 11) is 0. The highest BCUT2D eigenvalue weighted by Gasteiger charge is 2.26. The maximum absolute atomic E-state index is 5.92. The smallest absolute Gasteiger partial charge is 0.170 e. The lowest BCUT2D eigenvalue weighted by atomic mass is 9.95. The van der Waals surface area contributed by atoms with Gasteiger partial charge in [-0.05, 0) is 37.5 Å². The molecular weight excluding hydrogens is 210 g/mol. The quantitative estimate of drug-likeness (QED) is 0.772. The molecule has 0 amide bonds. The number of benzene rings is 1. The molecule has 15 heavy (non-hydrogen) atoms. The minimum Gasteiger partial charge on any atom is -0.481 e. The molecule has 0 aliphatic carbocycles. The molecule has 1 aliphatic rings. The van der Waals surface area contributed by atoms with Crippen molar-refractivity contribution >= 4 is 18.0 Å². The second kappa shape index (κ2) is 4.23. The first-order valence-electron chi connectivity index (χ1n) is 5.08. The third kappa shape index (κ3) is 2.72. The Kier molecular flexibility index (Phi) is 2.96. The molecular formula is C12H14ClNO. The summed E-state index contributed by atoms with van der Waals surface area (Å²) in [5.41, 5.74) is 1.20. The van der Waals surface area contributed by atoms with E-state index in [1.807, 2.05) is 18.2 Å². The molecule has 0 bridgehead atoms. The molecule has 80 valence electrons.